The fraction of sp³-hybridized carbons (Fsp3) is 0.929. The number of likely N-dealkylation sites (tertiary alicyclic amines) is 1. The third kappa shape index (κ3) is 2.05. The number of ether oxygens (including phenoxy) is 1. The van der Waals surface area contributed by atoms with E-state index in [9.17, 15) is 4.79 Å². The van der Waals surface area contributed by atoms with Gasteiger partial charge in [-0.2, -0.15) is 0 Å². The van der Waals surface area contributed by atoms with Gasteiger partial charge in [-0.15, -0.1) is 0 Å². The van der Waals surface area contributed by atoms with Crippen molar-refractivity contribution in [1.29, 1.82) is 0 Å². The van der Waals surface area contributed by atoms with Crippen molar-refractivity contribution < 1.29 is 9.53 Å². The van der Waals surface area contributed by atoms with Crippen molar-refractivity contribution in [3.63, 3.8) is 0 Å². The Morgan fingerprint density at radius 2 is 2.06 bits per heavy atom. The van der Waals surface area contributed by atoms with Gasteiger partial charge in [0.25, 0.3) is 0 Å². The molecule has 1 N–H and O–H groups in total. The standard InChI is InChI=1S/C14H24N2O2/c1-15-12-9-18-8-11(12)14(17)16-7-6-10-4-2-3-5-13(10)16/h10-13,15H,2-9H2,1H3. The van der Waals surface area contributed by atoms with Crippen LogP contribution in [0.1, 0.15) is 32.1 Å². The van der Waals surface area contributed by atoms with Crippen LogP contribution in [0.3, 0.4) is 0 Å². The molecule has 0 aromatic carbocycles. The summed E-state index contributed by atoms with van der Waals surface area (Å²) in [6.07, 6.45) is 6.41. The highest BCUT2D eigenvalue weighted by molar-refractivity contribution is 5.80. The van der Waals surface area contributed by atoms with Crippen molar-refractivity contribution in [3.05, 3.63) is 0 Å². The van der Waals surface area contributed by atoms with Crippen molar-refractivity contribution in [1.82, 2.24) is 10.2 Å². The predicted molar refractivity (Wildman–Crippen MR) is 69.2 cm³/mol. The molecule has 3 fully saturated rings. The zero-order chi connectivity index (χ0) is 12.5. The number of carbonyl (C=O) groups excluding carboxylic acids is 1. The fourth-order valence-electron chi connectivity index (χ4n) is 3.97. The quantitative estimate of drug-likeness (QED) is 0.797. The first-order chi connectivity index (χ1) is 8.81. The first-order valence-corrected chi connectivity index (χ1v) is 7.36. The summed E-state index contributed by atoms with van der Waals surface area (Å²) >= 11 is 0. The maximum absolute atomic E-state index is 12.7. The minimum Gasteiger partial charge on any atom is -0.379 e. The number of nitrogens with one attached hydrogen (secondary N) is 1. The zero-order valence-electron chi connectivity index (χ0n) is 11.2. The molecule has 0 radical (unpaired) electrons. The van der Waals surface area contributed by atoms with Crippen molar-refractivity contribution in [2.75, 3.05) is 26.8 Å². The molecule has 1 amide bonds. The Labute approximate surface area is 109 Å². The summed E-state index contributed by atoms with van der Waals surface area (Å²) in [5.41, 5.74) is 0. The molecular formula is C14H24N2O2. The van der Waals surface area contributed by atoms with E-state index in [2.05, 4.69) is 10.2 Å². The molecule has 2 heterocycles. The lowest BCUT2D eigenvalue weighted by Gasteiger charge is -2.33. The van der Waals surface area contributed by atoms with Crippen molar-refractivity contribution in [2.24, 2.45) is 11.8 Å². The number of likely N-dealkylation sites (N-methyl/N-ethyl adjacent to an activating group) is 1. The molecule has 1 saturated carbocycles. The molecule has 4 unspecified atom stereocenters. The summed E-state index contributed by atoms with van der Waals surface area (Å²) in [5, 5.41) is 3.22. The second kappa shape index (κ2) is 5.17. The van der Waals surface area contributed by atoms with E-state index in [0.717, 1.165) is 12.5 Å². The van der Waals surface area contributed by atoms with Gasteiger partial charge in [0.15, 0.2) is 0 Å². The Morgan fingerprint density at radius 1 is 1.22 bits per heavy atom. The normalized spacial score (nSPS) is 39.9. The topological polar surface area (TPSA) is 41.6 Å². The lowest BCUT2D eigenvalue weighted by atomic mass is 9.85. The molecular weight excluding hydrogens is 228 g/mol. The maximum atomic E-state index is 12.7. The summed E-state index contributed by atoms with van der Waals surface area (Å²) < 4.78 is 5.47. The van der Waals surface area contributed by atoms with E-state index in [0.29, 0.717) is 25.2 Å². The average molecular weight is 252 g/mol. The molecule has 3 rings (SSSR count). The van der Waals surface area contributed by atoms with Gasteiger partial charge in [-0.1, -0.05) is 12.8 Å². The highest BCUT2D eigenvalue weighted by Gasteiger charge is 2.43. The molecule has 3 aliphatic rings. The van der Waals surface area contributed by atoms with E-state index in [1.165, 1.54) is 32.1 Å². The van der Waals surface area contributed by atoms with Crippen LogP contribution in [0, 0.1) is 11.8 Å². The average Bonchev–Trinajstić information content (AvgIpc) is 3.04. The van der Waals surface area contributed by atoms with E-state index in [1.54, 1.807) is 0 Å². The smallest absolute Gasteiger partial charge is 0.229 e. The number of nitrogens with zero attached hydrogens (tertiary/aromatic N) is 1. The molecule has 0 aromatic rings. The highest BCUT2D eigenvalue weighted by atomic mass is 16.5. The van der Waals surface area contributed by atoms with Gasteiger partial charge in [-0.3, -0.25) is 4.79 Å². The maximum Gasteiger partial charge on any atom is 0.229 e. The van der Waals surface area contributed by atoms with Gasteiger partial charge in [-0.05, 0) is 32.2 Å². The predicted octanol–water partition coefficient (Wildman–Crippen LogP) is 1.01. The summed E-state index contributed by atoms with van der Waals surface area (Å²) in [6.45, 7) is 2.24. The first-order valence-electron chi connectivity index (χ1n) is 7.36. The van der Waals surface area contributed by atoms with E-state index in [4.69, 9.17) is 4.74 Å². The molecule has 2 saturated heterocycles. The molecule has 18 heavy (non-hydrogen) atoms. The Bertz CT molecular complexity index is 321. The second-order valence-electron chi connectivity index (χ2n) is 5.97. The molecule has 102 valence electrons. The molecule has 1 aliphatic carbocycles. The minimum absolute atomic E-state index is 0.0377. The molecule has 4 atom stereocenters. The molecule has 0 bridgehead atoms. The second-order valence-corrected chi connectivity index (χ2v) is 5.97. The highest BCUT2D eigenvalue weighted by Crippen LogP contribution is 2.37. The number of fused-ring (bicyclic) bond motifs is 1. The lowest BCUT2D eigenvalue weighted by molar-refractivity contribution is -0.137. The minimum atomic E-state index is 0.0377. The van der Waals surface area contributed by atoms with Gasteiger partial charge in [-0.25, -0.2) is 0 Å². The Hall–Kier alpha value is -0.610. The van der Waals surface area contributed by atoms with E-state index >= 15 is 0 Å². The summed E-state index contributed by atoms with van der Waals surface area (Å²) in [7, 11) is 1.92. The van der Waals surface area contributed by atoms with Crippen LogP contribution in [0.15, 0.2) is 0 Å². The SMILES string of the molecule is CNC1COCC1C(=O)N1CCC2CCCCC21. The van der Waals surface area contributed by atoms with Crippen LogP contribution in [-0.2, 0) is 9.53 Å². The van der Waals surface area contributed by atoms with Crippen LogP contribution >= 0.6 is 0 Å². The Morgan fingerprint density at radius 3 is 2.89 bits per heavy atom. The van der Waals surface area contributed by atoms with Crippen molar-refractivity contribution >= 4 is 5.91 Å². The van der Waals surface area contributed by atoms with Gasteiger partial charge >= 0.3 is 0 Å². The van der Waals surface area contributed by atoms with Gasteiger partial charge in [0.05, 0.1) is 19.1 Å². The Balaban J connectivity index is 1.68. The number of rotatable bonds is 2. The van der Waals surface area contributed by atoms with Crippen LogP contribution in [0.5, 0.6) is 0 Å². The van der Waals surface area contributed by atoms with Crippen molar-refractivity contribution in [2.45, 2.75) is 44.2 Å². The van der Waals surface area contributed by atoms with Gasteiger partial charge < -0.3 is 15.0 Å². The Kier molecular flexibility index (Phi) is 3.57. The van der Waals surface area contributed by atoms with E-state index in [-0.39, 0.29) is 12.0 Å². The lowest BCUT2D eigenvalue weighted by Crippen LogP contribution is -2.47. The monoisotopic (exact) mass is 252 g/mol. The van der Waals surface area contributed by atoms with Crippen LogP contribution in [0.25, 0.3) is 0 Å². The summed E-state index contributed by atoms with van der Waals surface area (Å²) in [5.74, 6) is 1.15. The summed E-state index contributed by atoms with van der Waals surface area (Å²) in [4.78, 5) is 14.9. The third-order valence-electron chi connectivity index (χ3n) is 5.06. The van der Waals surface area contributed by atoms with Gasteiger partial charge in [0, 0.05) is 18.6 Å². The molecule has 4 heteroatoms. The van der Waals surface area contributed by atoms with Crippen LogP contribution in [-0.4, -0.2) is 49.7 Å². The number of hydrogen-bond donors (Lipinski definition) is 1. The summed E-state index contributed by atoms with van der Waals surface area (Å²) in [6, 6.07) is 0.740. The van der Waals surface area contributed by atoms with Crippen LogP contribution in [0.2, 0.25) is 0 Å². The molecule has 2 aliphatic heterocycles. The zero-order valence-corrected chi connectivity index (χ0v) is 11.2. The first kappa shape index (κ1) is 12.4. The number of amides is 1. The fourth-order valence-corrected chi connectivity index (χ4v) is 3.97. The molecule has 0 spiro atoms. The van der Waals surface area contributed by atoms with Crippen LogP contribution < -0.4 is 5.32 Å². The van der Waals surface area contributed by atoms with Crippen LogP contribution in [0.4, 0.5) is 0 Å². The number of hydrogen-bond acceptors (Lipinski definition) is 3. The largest absolute Gasteiger partial charge is 0.379 e. The molecule has 0 aromatic heterocycles. The van der Waals surface area contributed by atoms with E-state index in [1.807, 2.05) is 7.05 Å². The van der Waals surface area contributed by atoms with Gasteiger partial charge in [0.1, 0.15) is 0 Å². The molecule has 4 nitrogen and oxygen atoms in total. The third-order valence-corrected chi connectivity index (χ3v) is 5.06. The van der Waals surface area contributed by atoms with Crippen molar-refractivity contribution in [3.8, 4) is 0 Å². The van der Waals surface area contributed by atoms with Gasteiger partial charge in [0.2, 0.25) is 5.91 Å². The van der Waals surface area contributed by atoms with E-state index < -0.39 is 0 Å². The number of carbonyl (C=O) groups is 1.